The zero-order valence-electron chi connectivity index (χ0n) is 10.6. The lowest BCUT2D eigenvalue weighted by Crippen LogP contribution is -2.04. The molecule has 0 amide bonds. The normalized spacial score (nSPS) is 11.1. The number of rotatable bonds is 3. The van der Waals surface area contributed by atoms with Crippen LogP contribution in [0.4, 0.5) is 5.69 Å². The number of nitrogens with one attached hydrogen (secondary N) is 1. The van der Waals surface area contributed by atoms with Crippen molar-refractivity contribution in [1.29, 1.82) is 0 Å². The molecule has 0 aliphatic heterocycles. The molecule has 0 saturated heterocycles. The van der Waals surface area contributed by atoms with E-state index in [1.165, 1.54) is 5.69 Å². The van der Waals surface area contributed by atoms with E-state index in [-0.39, 0.29) is 0 Å². The van der Waals surface area contributed by atoms with E-state index in [2.05, 4.69) is 19.7 Å². The van der Waals surface area contributed by atoms with Crippen molar-refractivity contribution in [3.8, 4) is 0 Å². The molecule has 0 spiro atoms. The third-order valence-electron chi connectivity index (χ3n) is 3.04. The summed E-state index contributed by atoms with van der Waals surface area (Å²) in [6.45, 7) is 4.69. The van der Waals surface area contributed by atoms with Crippen LogP contribution in [0.5, 0.6) is 0 Å². The maximum atomic E-state index is 5.92. The topological polar surface area (TPSA) is 42.2 Å². The van der Waals surface area contributed by atoms with Crippen LogP contribution in [0, 0.1) is 13.8 Å². The largest absolute Gasteiger partial charge is 0.378 e. The van der Waals surface area contributed by atoms with Crippen molar-refractivity contribution >= 4 is 33.6 Å². The predicted molar refractivity (Wildman–Crippen MR) is 79.1 cm³/mol. The maximum Gasteiger partial charge on any atom is 0.194 e. The second-order valence-electron chi connectivity index (χ2n) is 4.38. The Bertz CT molecular complexity index is 731. The summed E-state index contributed by atoms with van der Waals surface area (Å²) in [7, 11) is 0. The summed E-state index contributed by atoms with van der Waals surface area (Å²) in [6.07, 6.45) is 3.79. The highest BCUT2D eigenvalue weighted by Gasteiger charge is 2.09. The quantitative estimate of drug-likeness (QED) is 0.749. The Labute approximate surface area is 120 Å². The molecule has 0 aliphatic rings. The number of imidazole rings is 1. The molecule has 3 aromatic rings. The average Bonchev–Trinajstić information content (AvgIpc) is 2.92. The number of aromatic nitrogens is 3. The van der Waals surface area contributed by atoms with Gasteiger partial charge in [-0.3, -0.25) is 4.40 Å². The van der Waals surface area contributed by atoms with Gasteiger partial charge < -0.3 is 5.32 Å². The number of hydrogen-bond donors (Lipinski definition) is 1. The van der Waals surface area contributed by atoms with E-state index in [1.807, 2.05) is 31.5 Å². The van der Waals surface area contributed by atoms with Gasteiger partial charge in [0.1, 0.15) is 5.15 Å². The summed E-state index contributed by atoms with van der Waals surface area (Å²) < 4.78 is 2.11. The first kappa shape index (κ1) is 12.4. The predicted octanol–water partition coefficient (Wildman–Crippen LogP) is 3.67. The van der Waals surface area contributed by atoms with Crippen LogP contribution in [0.3, 0.4) is 0 Å². The van der Waals surface area contributed by atoms with Gasteiger partial charge in [-0.15, -0.1) is 11.3 Å². The maximum absolute atomic E-state index is 5.92. The molecule has 1 N–H and O–H groups in total. The standard InChI is InChI=1S/C13H13ClN4S/c1-8-5-10(6-16-12(8)14)15-7-11-9(2)17-13-18(11)3-4-19-13/h3-6,15H,7H2,1-2H3. The Morgan fingerprint density at radius 2 is 2.26 bits per heavy atom. The fraction of sp³-hybridized carbons (Fsp3) is 0.231. The number of halogens is 1. The Balaban J connectivity index is 1.83. The molecule has 3 aromatic heterocycles. The van der Waals surface area contributed by atoms with Crippen molar-refractivity contribution in [2.45, 2.75) is 20.4 Å². The van der Waals surface area contributed by atoms with Gasteiger partial charge in [-0.1, -0.05) is 11.6 Å². The summed E-state index contributed by atoms with van der Waals surface area (Å²) in [5.41, 5.74) is 4.16. The van der Waals surface area contributed by atoms with Gasteiger partial charge in [0.2, 0.25) is 0 Å². The van der Waals surface area contributed by atoms with Crippen LogP contribution >= 0.6 is 22.9 Å². The average molecular weight is 293 g/mol. The van der Waals surface area contributed by atoms with E-state index < -0.39 is 0 Å². The highest BCUT2D eigenvalue weighted by molar-refractivity contribution is 7.15. The first-order chi connectivity index (χ1) is 9.15. The van der Waals surface area contributed by atoms with E-state index in [4.69, 9.17) is 11.6 Å². The fourth-order valence-electron chi connectivity index (χ4n) is 1.99. The SMILES string of the molecule is Cc1cc(NCc2c(C)nc3sccn23)cnc1Cl. The Morgan fingerprint density at radius 3 is 3.05 bits per heavy atom. The Kier molecular flexibility index (Phi) is 3.16. The Morgan fingerprint density at radius 1 is 1.42 bits per heavy atom. The lowest BCUT2D eigenvalue weighted by atomic mass is 10.3. The number of nitrogens with zero attached hydrogens (tertiary/aromatic N) is 3. The molecule has 4 nitrogen and oxygen atoms in total. The molecule has 98 valence electrons. The van der Waals surface area contributed by atoms with Crippen molar-refractivity contribution in [2.24, 2.45) is 0 Å². The monoisotopic (exact) mass is 292 g/mol. The van der Waals surface area contributed by atoms with Crippen molar-refractivity contribution < 1.29 is 0 Å². The Hall–Kier alpha value is -1.59. The first-order valence-corrected chi connectivity index (χ1v) is 7.18. The van der Waals surface area contributed by atoms with Gasteiger partial charge in [0.25, 0.3) is 0 Å². The summed E-state index contributed by atoms with van der Waals surface area (Å²) in [4.78, 5) is 9.69. The number of hydrogen-bond acceptors (Lipinski definition) is 4. The molecule has 0 bridgehead atoms. The van der Waals surface area contributed by atoms with Crippen molar-refractivity contribution in [2.75, 3.05) is 5.32 Å². The second-order valence-corrected chi connectivity index (χ2v) is 5.62. The summed E-state index contributed by atoms with van der Waals surface area (Å²) >= 11 is 7.56. The molecular formula is C13H13ClN4S. The van der Waals surface area contributed by atoms with Crippen molar-refractivity contribution in [3.05, 3.63) is 45.9 Å². The van der Waals surface area contributed by atoms with Crippen molar-refractivity contribution in [3.63, 3.8) is 0 Å². The molecule has 19 heavy (non-hydrogen) atoms. The first-order valence-electron chi connectivity index (χ1n) is 5.92. The minimum Gasteiger partial charge on any atom is -0.378 e. The number of anilines is 1. The molecule has 3 rings (SSSR count). The van der Waals surface area contributed by atoms with Crippen LogP contribution in [0.2, 0.25) is 5.15 Å². The van der Waals surface area contributed by atoms with E-state index in [0.29, 0.717) is 11.7 Å². The van der Waals surface area contributed by atoms with E-state index in [0.717, 1.165) is 21.9 Å². The van der Waals surface area contributed by atoms with Gasteiger partial charge >= 0.3 is 0 Å². The second kappa shape index (κ2) is 4.83. The molecule has 0 radical (unpaired) electrons. The minimum atomic E-state index is 0.548. The molecular weight excluding hydrogens is 280 g/mol. The molecule has 0 aromatic carbocycles. The van der Waals surface area contributed by atoms with E-state index >= 15 is 0 Å². The van der Waals surface area contributed by atoms with E-state index in [9.17, 15) is 0 Å². The summed E-state index contributed by atoms with van der Waals surface area (Å²) in [6, 6.07) is 2.00. The lowest BCUT2D eigenvalue weighted by Gasteiger charge is -2.07. The molecule has 0 unspecified atom stereocenters. The third-order valence-corrected chi connectivity index (χ3v) is 4.19. The molecule has 0 saturated carbocycles. The van der Waals surface area contributed by atoms with E-state index in [1.54, 1.807) is 17.5 Å². The third kappa shape index (κ3) is 2.31. The van der Waals surface area contributed by atoms with Crippen LogP contribution in [0.25, 0.3) is 4.96 Å². The summed E-state index contributed by atoms with van der Waals surface area (Å²) in [5, 5.41) is 5.95. The van der Waals surface area contributed by atoms with Gasteiger partial charge in [-0.25, -0.2) is 9.97 Å². The zero-order valence-corrected chi connectivity index (χ0v) is 12.2. The van der Waals surface area contributed by atoms with Gasteiger partial charge in [0.15, 0.2) is 4.96 Å². The number of pyridine rings is 1. The van der Waals surface area contributed by atoms with Gasteiger partial charge in [0, 0.05) is 11.6 Å². The van der Waals surface area contributed by atoms with Crippen LogP contribution in [-0.4, -0.2) is 14.4 Å². The van der Waals surface area contributed by atoms with Gasteiger partial charge in [-0.05, 0) is 25.5 Å². The summed E-state index contributed by atoms with van der Waals surface area (Å²) in [5.74, 6) is 0. The molecule has 0 aliphatic carbocycles. The molecule has 6 heteroatoms. The van der Waals surface area contributed by atoms with Crippen LogP contribution < -0.4 is 5.32 Å². The molecule has 0 fully saturated rings. The van der Waals surface area contributed by atoms with Gasteiger partial charge in [0.05, 0.1) is 29.8 Å². The number of aryl methyl sites for hydroxylation is 2. The molecule has 0 atom stereocenters. The highest BCUT2D eigenvalue weighted by Crippen LogP contribution is 2.20. The highest BCUT2D eigenvalue weighted by atomic mass is 35.5. The zero-order chi connectivity index (χ0) is 13.4. The fourth-order valence-corrected chi connectivity index (χ4v) is 2.88. The van der Waals surface area contributed by atoms with Crippen LogP contribution in [0.15, 0.2) is 23.8 Å². The van der Waals surface area contributed by atoms with Gasteiger partial charge in [-0.2, -0.15) is 0 Å². The number of fused-ring (bicyclic) bond motifs is 1. The lowest BCUT2D eigenvalue weighted by molar-refractivity contribution is 0.991. The minimum absolute atomic E-state index is 0.548. The number of thiazole rings is 1. The van der Waals surface area contributed by atoms with Crippen LogP contribution in [-0.2, 0) is 6.54 Å². The molecule has 3 heterocycles. The van der Waals surface area contributed by atoms with Crippen molar-refractivity contribution in [1.82, 2.24) is 14.4 Å². The van der Waals surface area contributed by atoms with Crippen LogP contribution in [0.1, 0.15) is 17.0 Å². The smallest absolute Gasteiger partial charge is 0.194 e.